The van der Waals surface area contributed by atoms with Gasteiger partial charge in [0.25, 0.3) is 5.89 Å². The molecule has 0 aliphatic rings. The lowest BCUT2D eigenvalue weighted by Crippen LogP contribution is -2.13. The van der Waals surface area contributed by atoms with Gasteiger partial charge < -0.3 is 9.73 Å². The van der Waals surface area contributed by atoms with Gasteiger partial charge in [0, 0.05) is 10.7 Å². The highest BCUT2D eigenvalue weighted by Gasteiger charge is 2.22. The summed E-state index contributed by atoms with van der Waals surface area (Å²) >= 11 is 6.26. The molecule has 0 aliphatic carbocycles. The van der Waals surface area contributed by atoms with Gasteiger partial charge in [0.2, 0.25) is 5.89 Å². The first-order valence-electron chi connectivity index (χ1n) is 8.78. The van der Waals surface area contributed by atoms with Crippen LogP contribution in [-0.4, -0.2) is 10.2 Å². The normalized spacial score (nSPS) is 12.0. The van der Waals surface area contributed by atoms with Crippen LogP contribution in [-0.2, 0) is 0 Å². The Kier molecular flexibility index (Phi) is 5.08. The number of hydrogen-bond acceptors (Lipinski definition) is 4. The summed E-state index contributed by atoms with van der Waals surface area (Å²) < 4.78 is 19.9. The van der Waals surface area contributed by atoms with Crippen molar-refractivity contribution in [2.45, 2.75) is 13.0 Å². The van der Waals surface area contributed by atoms with Gasteiger partial charge in [-0.15, -0.1) is 10.2 Å². The number of aromatic nitrogens is 2. The molecule has 1 heterocycles. The monoisotopic (exact) mass is 393 g/mol. The van der Waals surface area contributed by atoms with Gasteiger partial charge in [-0.05, 0) is 42.3 Å². The van der Waals surface area contributed by atoms with Gasteiger partial charge in [0.1, 0.15) is 11.9 Å². The van der Waals surface area contributed by atoms with Crippen molar-refractivity contribution in [2.75, 3.05) is 5.32 Å². The topological polar surface area (TPSA) is 51.0 Å². The van der Waals surface area contributed by atoms with Gasteiger partial charge in [0.05, 0.1) is 5.56 Å². The van der Waals surface area contributed by atoms with E-state index in [1.165, 1.54) is 6.07 Å². The summed E-state index contributed by atoms with van der Waals surface area (Å²) in [7, 11) is 0. The summed E-state index contributed by atoms with van der Waals surface area (Å²) in [5.74, 6) is 0.0613. The minimum absolute atomic E-state index is 0.137. The van der Waals surface area contributed by atoms with Crippen molar-refractivity contribution in [3.8, 4) is 11.5 Å². The molecule has 0 aliphatic heterocycles. The van der Waals surface area contributed by atoms with Crippen LogP contribution in [0, 0.1) is 12.7 Å². The standard InChI is InChI=1S/C22H17ClFN3O/c1-14-11-12-16(13-18(14)23)25-20(15-7-3-2-4-8-15)22-27-26-21(28-22)17-9-5-6-10-19(17)24/h2-13,20,25H,1H3/t20-/m0/s1. The molecule has 0 spiro atoms. The molecular weight excluding hydrogens is 377 g/mol. The summed E-state index contributed by atoms with van der Waals surface area (Å²) in [6.45, 7) is 1.94. The van der Waals surface area contributed by atoms with Gasteiger partial charge >= 0.3 is 0 Å². The average Bonchev–Trinajstić information content (AvgIpc) is 3.19. The Balaban J connectivity index is 1.72. The SMILES string of the molecule is Cc1ccc(N[C@@H](c2ccccc2)c2nnc(-c3ccccc3F)o2)cc1Cl. The van der Waals surface area contributed by atoms with E-state index in [0.717, 1.165) is 16.8 Å². The molecule has 1 N–H and O–H groups in total. The number of halogens is 2. The molecule has 4 aromatic rings. The molecule has 3 aromatic carbocycles. The Bertz CT molecular complexity index is 1100. The van der Waals surface area contributed by atoms with Crippen molar-refractivity contribution in [1.29, 1.82) is 0 Å². The van der Waals surface area contributed by atoms with Crippen LogP contribution in [0.4, 0.5) is 10.1 Å². The third kappa shape index (κ3) is 3.75. The highest BCUT2D eigenvalue weighted by atomic mass is 35.5. The van der Waals surface area contributed by atoms with E-state index in [4.69, 9.17) is 16.0 Å². The minimum Gasteiger partial charge on any atom is -0.418 e. The summed E-state index contributed by atoms with van der Waals surface area (Å²) in [5.41, 5.74) is 3.01. The fourth-order valence-corrected chi connectivity index (χ4v) is 3.06. The molecule has 4 nitrogen and oxygen atoms in total. The van der Waals surface area contributed by atoms with E-state index in [2.05, 4.69) is 15.5 Å². The number of nitrogens with one attached hydrogen (secondary N) is 1. The molecule has 0 radical (unpaired) electrons. The lowest BCUT2D eigenvalue weighted by Gasteiger charge is -2.17. The highest BCUT2D eigenvalue weighted by Crippen LogP contribution is 2.30. The van der Waals surface area contributed by atoms with Gasteiger partial charge in [-0.1, -0.05) is 60.1 Å². The van der Waals surface area contributed by atoms with Gasteiger partial charge in [-0.3, -0.25) is 0 Å². The molecule has 1 aromatic heterocycles. The third-order valence-corrected chi connectivity index (χ3v) is 4.81. The summed E-state index contributed by atoms with van der Waals surface area (Å²) in [4.78, 5) is 0. The quantitative estimate of drug-likeness (QED) is 0.449. The predicted octanol–water partition coefficient (Wildman–Crippen LogP) is 6.04. The Hall–Kier alpha value is -3.18. The average molecular weight is 394 g/mol. The number of hydrogen-bond donors (Lipinski definition) is 1. The molecular formula is C22H17ClFN3O. The Morgan fingerprint density at radius 1 is 0.964 bits per heavy atom. The Morgan fingerprint density at radius 3 is 2.46 bits per heavy atom. The Morgan fingerprint density at radius 2 is 1.71 bits per heavy atom. The van der Waals surface area contributed by atoms with E-state index in [1.807, 2.05) is 55.5 Å². The first-order valence-corrected chi connectivity index (χ1v) is 9.15. The van der Waals surface area contributed by atoms with Crippen LogP contribution in [0.15, 0.2) is 77.2 Å². The Labute approximate surface area is 167 Å². The lowest BCUT2D eigenvalue weighted by atomic mass is 10.1. The molecule has 4 rings (SSSR count). The maximum atomic E-state index is 14.1. The summed E-state index contributed by atoms with van der Waals surface area (Å²) in [6.07, 6.45) is 0. The zero-order chi connectivity index (χ0) is 19.5. The molecule has 0 unspecified atom stereocenters. The van der Waals surface area contributed by atoms with Crippen LogP contribution in [0.5, 0.6) is 0 Å². The smallest absolute Gasteiger partial charge is 0.250 e. The zero-order valence-corrected chi connectivity index (χ0v) is 15.8. The molecule has 6 heteroatoms. The maximum Gasteiger partial charge on any atom is 0.250 e. The third-order valence-electron chi connectivity index (χ3n) is 4.41. The molecule has 0 amide bonds. The number of aryl methyl sites for hydroxylation is 1. The summed E-state index contributed by atoms with van der Waals surface area (Å²) in [6, 6.07) is 21.3. The largest absolute Gasteiger partial charge is 0.418 e. The molecule has 0 saturated carbocycles. The zero-order valence-electron chi connectivity index (χ0n) is 15.1. The fourth-order valence-electron chi connectivity index (χ4n) is 2.88. The van der Waals surface area contributed by atoms with Crippen molar-refractivity contribution in [2.24, 2.45) is 0 Å². The van der Waals surface area contributed by atoms with Crippen molar-refractivity contribution >= 4 is 17.3 Å². The molecule has 0 fully saturated rings. The lowest BCUT2D eigenvalue weighted by molar-refractivity contribution is 0.490. The van der Waals surface area contributed by atoms with Crippen LogP contribution in [0.25, 0.3) is 11.5 Å². The first-order chi connectivity index (χ1) is 13.6. The van der Waals surface area contributed by atoms with E-state index in [-0.39, 0.29) is 11.5 Å². The molecule has 28 heavy (non-hydrogen) atoms. The number of nitrogens with zero attached hydrogens (tertiary/aromatic N) is 2. The van der Waals surface area contributed by atoms with Crippen LogP contribution < -0.4 is 5.32 Å². The van der Waals surface area contributed by atoms with Gasteiger partial charge in [-0.25, -0.2) is 4.39 Å². The van der Waals surface area contributed by atoms with Gasteiger partial charge in [0.15, 0.2) is 0 Å². The molecule has 0 saturated heterocycles. The van der Waals surface area contributed by atoms with E-state index < -0.39 is 11.9 Å². The van der Waals surface area contributed by atoms with Crippen LogP contribution in [0.3, 0.4) is 0 Å². The van der Waals surface area contributed by atoms with E-state index in [0.29, 0.717) is 10.9 Å². The van der Waals surface area contributed by atoms with Gasteiger partial charge in [-0.2, -0.15) is 0 Å². The van der Waals surface area contributed by atoms with Crippen LogP contribution in [0.1, 0.15) is 23.1 Å². The number of rotatable bonds is 5. The number of anilines is 1. The first kappa shape index (κ1) is 18.2. The number of benzene rings is 3. The minimum atomic E-state index is -0.410. The van der Waals surface area contributed by atoms with Crippen LogP contribution in [0.2, 0.25) is 5.02 Å². The fraction of sp³-hybridized carbons (Fsp3) is 0.0909. The van der Waals surface area contributed by atoms with E-state index in [9.17, 15) is 4.39 Å². The van der Waals surface area contributed by atoms with Crippen molar-refractivity contribution in [1.82, 2.24) is 10.2 Å². The van der Waals surface area contributed by atoms with Crippen molar-refractivity contribution in [3.63, 3.8) is 0 Å². The summed E-state index contributed by atoms with van der Waals surface area (Å²) in [5, 5.41) is 12.3. The molecule has 0 bridgehead atoms. The highest BCUT2D eigenvalue weighted by molar-refractivity contribution is 6.31. The van der Waals surface area contributed by atoms with Crippen molar-refractivity contribution in [3.05, 3.63) is 101 Å². The van der Waals surface area contributed by atoms with E-state index >= 15 is 0 Å². The molecule has 1 atom stereocenters. The second kappa shape index (κ2) is 7.82. The van der Waals surface area contributed by atoms with E-state index in [1.54, 1.807) is 18.2 Å². The van der Waals surface area contributed by atoms with Crippen molar-refractivity contribution < 1.29 is 8.81 Å². The maximum absolute atomic E-state index is 14.1. The second-order valence-electron chi connectivity index (χ2n) is 6.38. The van der Waals surface area contributed by atoms with Crippen LogP contribution >= 0.6 is 11.6 Å². The second-order valence-corrected chi connectivity index (χ2v) is 6.78. The molecule has 140 valence electrons. The predicted molar refractivity (Wildman–Crippen MR) is 108 cm³/mol.